The zero-order valence-electron chi connectivity index (χ0n) is 4.72. The van der Waals surface area contributed by atoms with Gasteiger partial charge in [-0.2, -0.15) is 0 Å². The molecule has 8 heavy (non-hydrogen) atoms. The maximum absolute atomic E-state index is 9.94. The molecule has 2 N–H and O–H groups in total. The fraction of sp³-hybridized carbons (Fsp3) is 0.600. The molecule has 1 radical (unpaired) electrons. The molecule has 0 atom stereocenters. The number of rotatable bonds is 3. The van der Waals surface area contributed by atoms with Crippen LogP contribution in [0.1, 0.15) is 13.3 Å². The Bertz CT molecular complexity index is 79.7. The molecule has 0 aliphatic rings. The van der Waals surface area contributed by atoms with E-state index in [1.807, 2.05) is 0 Å². The van der Waals surface area contributed by atoms with Gasteiger partial charge in [0.1, 0.15) is 0 Å². The van der Waals surface area contributed by atoms with Crippen molar-refractivity contribution in [3.63, 3.8) is 0 Å². The van der Waals surface area contributed by atoms with Crippen LogP contribution in [0.2, 0.25) is 0 Å². The number of hydrogen-bond donors (Lipinski definition) is 2. The SMILES string of the molecule is C[C](CCO)C(=O)O. The van der Waals surface area contributed by atoms with Gasteiger partial charge < -0.3 is 10.2 Å². The lowest BCUT2D eigenvalue weighted by molar-refractivity contribution is -0.135. The molecule has 0 aromatic rings. The summed E-state index contributed by atoms with van der Waals surface area (Å²) >= 11 is 0. The molecule has 0 fully saturated rings. The van der Waals surface area contributed by atoms with Crippen molar-refractivity contribution in [1.29, 1.82) is 0 Å². The molecule has 0 bridgehead atoms. The summed E-state index contributed by atoms with van der Waals surface area (Å²) in [5, 5.41) is 16.4. The zero-order chi connectivity index (χ0) is 6.57. The third-order valence-corrected chi connectivity index (χ3v) is 0.852. The lowest BCUT2D eigenvalue weighted by atomic mass is 10.1. The Labute approximate surface area is 47.9 Å². The van der Waals surface area contributed by atoms with Crippen molar-refractivity contribution in [2.45, 2.75) is 13.3 Å². The van der Waals surface area contributed by atoms with Crippen molar-refractivity contribution in [1.82, 2.24) is 0 Å². The lowest BCUT2D eigenvalue weighted by Gasteiger charge is -1.98. The van der Waals surface area contributed by atoms with Gasteiger partial charge in [0, 0.05) is 6.61 Å². The summed E-state index contributed by atoms with van der Waals surface area (Å²) in [6.45, 7) is 1.40. The van der Waals surface area contributed by atoms with E-state index in [4.69, 9.17) is 10.2 Å². The van der Waals surface area contributed by atoms with E-state index in [1.54, 1.807) is 0 Å². The van der Waals surface area contributed by atoms with Gasteiger partial charge in [-0.25, -0.2) is 0 Å². The van der Waals surface area contributed by atoms with Crippen LogP contribution in [0, 0.1) is 5.92 Å². The Morgan fingerprint density at radius 3 is 2.25 bits per heavy atom. The van der Waals surface area contributed by atoms with Crippen LogP contribution in [0.3, 0.4) is 0 Å². The molecule has 0 saturated heterocycles. The molecule has 0 amide bonds. The van der Waals surface area contributed by atoms with Crippen LogP contribution in [-0.2, 0) is 4.79 Å². The van der Waals surface area contributed by atoms with E-state index >= 15 is 0 Å². The fourth-order valence-electron chi connectivity index (χ4n) is 0.275. The summed E-state index contributed by atoms with van der Waals surface area (Å²) in [4.78, 5) is 9.94. The number of carboxylic acid groups (broad SMARTS) is 1. The van der Waals surface area contributed by atoms with Crippen LogP contribution >= 0.6 is 0 Å². The van der Waals surface area contributed by atoms with Crippen LogP contribution in [0.15, 0.2) is 0 Å². The van der Waals surface area contributed by atoms with E-state index in [2.05, 4.69) is 0 Å². The first-order valence-electron chi connectivity index (χ1n) is 2.35. The lowest BCUT2D eigenvalue weighted by Crippen LogP contribution is -2.08. The predicted molar refractivity (Wildman–Crippen MR) is 28.3 cm³/mol. The van der Waals surface area contributed by atoms with Gasteiger partial charge in [0.25, 0.3) is 0 Å². The first-order chi connectivity index (χ1) is 3.68. The summed E-state index contributed by atoms with van der Waals surface area (Å²) < 4.78 is 0. The molecule has 0 spiro atoms. The largest absolute Gasteiger partial charge is 0.481 e. The quantitative estimate of drug-likeness (QED) is 0.549. The Hall–Kier alpha value is -0.570. The van der Waals surface area contributed by atoms with Gasteiger partial charge in [-0.15, -0.1) is 0 Å². The Kier molecular flexibility index (Phi) is 3.19. The van der Waals surface area contributed by atoms with Crippen molar-refractivity contribution in [2.24, 2.45) is 0 Å². The summed E-state index contributed by atoms with van der Waals surface area (Å²) in [5.41, 5.74) is 0. The maximum Gasteiger partial charge on any atom is 0.310 e. The fourth-order valence-corrected chi connectivity index (χ4v) is 0.275. The monoisotopic (exact) mass is 117 g/mol. The molecular weight excluding hydrogens is 108 g/mol. The number of carbonyl (C=O) groups is 1. The number of hydrogen-bond acceptors (Lipinski definition) is 2. The molecule has 3 heteroatoms. The van der Waals surface area contributed by atoms with Crippen LogP contribution in [-0.4, -0.2) is 22.8 Å². The predicted octanol–water partition coefficient (Wildman–Crippen LogP) is 0.0478. The van der Waals surface area contributed by atoms with Crippen LogP contribution in [0.4, 0.5) is 0 Å². The summed E-state index contributed by atoms with van der Waals surface area (Å²) in [6.07, 6.45) is 0.259. The van der Waals surface area contributed by atoms with E-state index in [-0.39, 0.29) is 13.0 Å². The third kappa shape index (κ3) is 2.58. The first kappa shape index (κ1) is 7.43. The molecular formula is C5H9O3. The van der Waals surface area contributed by atoms with Crippen LogP contribution < -0.4 is 0 Å². The summed E-state index contributed by atoms with van der Waals surface area (Å²) in [5.74, 6) is -0.633. The van der Waals surface area contributed by atoms with Crippen molar-refractivity contribution >= 4 is 5.97 Å². The number of aliphatic hydroxyl groups excluding tert-OH is 1. The standard InChI is InChI=1S/C5H9O3/c1-4(2-3-6)5(7)8/h6H,2-3H2,1H3,(H,7,8). The highest BCUT2D eigenvalue weighted by molar-refractivity contribution is 5.81. The maximum atomic E-state index is 9.94. The highest BCUT2D eigenvalue weighted by Gasteiger charge is 2.09. The van der Waals surface area contributed by atoms with E-state index < -0.39 is 5.97 Å². The second kappa shape index (κ2) is 3.43. The molecule has 0 saturated carbocycles. The van der Waals surface area contributed by atoms with Gasteiger partial charge in [-0.05, 0) is 13.3 Å². The van der Waals surface area contributed by atoms with Crippen molar-refractivity contribution < 1.29 is 15.0 Å². The second-order valence-electron chi connectivity index (χ2n) is 1.56. The van der Waals surface area contributed by atoms with E-state index in [1.165, 1.54) is 6.92 Å². The molecule has 47 valence electrons. The Morgan fingerprint density at radius 2 is 2.12 bits per heavy atom. The van der Waals surface area contributed by atoms with Gasteiger partial charge in [0.05, 0.1) is 5.92 Å². The summed E-state index contributed by atoms with van der Waals surface area (Å²) in [6, 6.07) is 0. The minimum atomic E-state index is -0.931. The number of aliphatic hydroxyl groups is 1. The normalized spacial score (nSPS) is 9.88. The van der Waals surface area contributed by atoms with E-state index in [0.29, 0.717) is 5.92 Å². The third-order valence-electron chi connectivity index (χ3n) is 0.852. The second-order valence-corrected chi connectivity index (χ2v) is 1.56. The van der Waals surface area contributed by atoms with Gasteiger partial charge in [0.2, 0.25) is 0 Å². The molecule has 0 aliphatic heterocycles. The smallest absolute Gasteiger partial charge is 0.310 e. The van der Waals surface area contributed by atoms with Gasteiger partial charge in [-0.1, -0.05) is 0 Å². The van der Waals surface area contributed by atoms with Gasteiger partial charge in [0.15, 0.2) is 0 Å². The van der Waals surface area contributed by atoms with Crippen molar-refractivity contribution in [3.8, 4) is 0 Å². The Morgan fingerprint density at radius 1 is 1.62 bits per heavy atom. The molecule has 3 nitrogen and oxygen atoms in total. The number of carboxylic acids is 1. The molecule has 0 rings (SSSR count). The van der Waals surface area contributed by atoms with Crippen molar-refractivity contribution in [3.05, 3.63) is 5.92 Å². The molecule has 0 unspecified atom stereocenters. The topological polar surface area (TPSA) is 57.5 Å². The molecule has 0 aromatic heterocycles. The van der Waals surface area contributed by atoms with Gasteiger partial charge >= 0.3 is 5.97 Å². The van der Waals surface area contributed by atoms with Gasteiger partial charge in [-0.3, -0.25) is 4.79 Å². The van der Waals surface area contributed by atoms with Crippen LogP contribution in [0.5, 0.6) is 0 Å². The highest BCUT2D eigenvalue weighted by atomic mass is 16.4. The summed E-state index contributed by atoms with van der Waals surface area (Å²) in [7, 11) is 0. The number of aliphatic carboxylic acids is 1. The molecule has 0 aromatic carbocycles. The van der Waals surface area contributed by atoms with E-state index in [9.17, 15) is 4.79 Å². The zero-order valence-corrected chi connectivity index (χ0v) is 4.72. The molecule has 0 heterocycles. The van der Waals surface area contributed by atoms with Crippen molar-refractivity contribution in [2.75, 3.05) is 6.61 Å². The Balaban J connectivity index is 3.32. The van der Waals surface area contributed by atoms with Crippen LogP contribution in [0.25, 0.3) is 0 Å². The first-order valence-corrected chi connectivity index (χ1v) is 2.35. The average molecular weight is 117 g/mol. The minimum absolute atomic E-state index is 0.0852. The highest BCUT2D eigenvalue weighted by Crippen LogP contribution is 2.01. The minimum Gasteiger partial charge on any atom is -0.481 e. The molecule has 0 aliphatic carbocycles. The average Bonchev–Trinajstić information content (AvgIpc) is 1.67. The van der Waals surface area contributed by atoms with E-state index in [0.717, 1.165) is 0 Å².